The summed E-state index contributed by atoms with van der Waals surface area (Å²) in [5.41, 5.74) is 2.38. The number of phenols is 1. The number of ketones is 1. The van der Waals surface area contributed by atoms with Gasteiger partial charge in [0.15, 0.2) is 17.3 Å². The van der Waals surface area contributed by atoms with Gasteiger partial charge in [0, 0.05) is 19.0 Å². The first kappa shape index (κ1) is 26.2. The monoisotopic (exact) mass is 486 g/mol. The number of nitrogens with one attached hydrogen (secondary N) is 1. The Hall–Kier alpha value is -3.46. The van der Waals surface area contributed by atoms with Crippen molar-refractivity contribution in [2.75, 3.05) is 52.5 Å². The Morgan fingerprint density at radius 3 is 2.49 bits per heavy atom. The van der Waals surface area contributed by atoms with Crippen LogP contribution in [0.1, 0.15) is 30.9 Å². The molecule has 0 saturated heterocycles. The van der Waals surface area contributed by atoms with Gasteiger partial charge in [0.25, 0.3) is 0 Å². The number of Topliss-reactive ketones (excluding diaryl/α,β-unsaturated/α-hetero) is 1. The van der Waals surface area contributed by atoms with Crippen LogP contribution in [0.25, 0.3) is 0 Å². The lowest BCUT2D eigenvalue weighted by atomic mass is 9.99. The van der Waals surface area contributed by atoms with Crippen LogP contribution in [0.4, 0.5) is 5.69 Å². The number of nitrogens with zero attached hydrogens (tertiary/aromatic N) is 1. The zero-order chi connectivity index (χ0) is 25.4. The molecule has 0 fully saturated rings. The van der Waals surface area contributed by atoms with Crippen LogP contribution < -0.4 is 29.2 Å². The highest BCUT2D eigenvalue weighted by molar-refractivity contribution is 5.98. The predicted octanol–water partition coefficient (Wildman–Crippen LogP) is 2.89. The van der Waals surface area contributed by atoms with E-state index < -0.39 is 0 Å². The summed E-state index contributed by atoms with van der Waals surface area (Å²) in [6.07, 6.45) is 2.39. The van der Waals surface area contributed by atoms with Crippen LogP contribution in [0.5, 0.6) is 28.7 Å². The number of fused-ring (bicyclic) bond motifs is 1. The quantitative estimate of drug-likeness (QED) is 0.417. The van der Waals surface area contributed by atoms with Crippen molar-refractivity contribution in [1.29, 1.82) is 0 Å². The highest BCUT2D eigenvalue weighted by atomic mass is 16.5. The van der Waals surface area contributed by atoms with E-state index in [-0.39, 0.29) is 24.0 Å². The van der Waals surface area contributed by atoms with Gasteiger partial charge in [-0.25, -0.2) is 0 Å². The topological polar surface area (TPSA) is 107 Å². The third-order valence-electron chi connectivity index (χ3n) is 5.86. The summed E-state index contributed by atoms with van der Waals surface area (Å²) < 4.78 is 22.1. The van der Waals surface area contributed by atoms with E-state index in [2.05, 4.69) is 5.32 Å². The summed E-state index contributed by atoms with van der Waals surface area (Å²) in [4.78, 5) is 25.2. The largest absolute Gasteiger partial charge is 0.504 e. The number of methoxy groups -OCH3 is 2. The number of carbonyl (C=O) groups is 2. The minimum Gasteiger partial charge on any atom is -0.504 e. The Morgan fingerprint density at radius 1 is 1.03 bits per heavy atom. The van der Waals surface area contributed by atoms with Crippen molar-refractivity contribution in [3.63, 3.8) is 0 Å². The second-order valence-corrected chi connectivity index (χ2v) is 8.34. The molecular weight excluding hydrogens is 452 g/mol. The maximum absolute atomic E-state index is 12.2. The summed E-state index contributed by atoms with van der Waals surface area (Å²) >= 11 is 0. The van der Waals surface area contributed by atoms with Crippen LogP contribution >= 0.6 is 0 Å². The van der Waals surface area contributed by atoms with E-state index in [9.17, 15) is 14.7 Å². The number of hydrogen-bond acceptors (Lipinski definition) is 8. The number of aromatic hydroxyl groups is 1. The molecule has 2 aromatic carbocycles. The first-order chi connectivity index (χ1) is 16.9. The second kappa shape index (κ2) is 12.3. The molecule has 2 N–H and O–H groups in total. The first-order valence-electron chi connectivity index (χ1n) is 11.7. The number of ether oxygens (including phenoxy) is 4. The van der Waals surface area contributed by atoms with Crippen LogP contribution in [-0.4, -0.2) is 64.4 Å². The molecule has 35 heavy (non-hydrogen) atoms. The maximum atomic E-state index is 12.2. The van der Waals surface area contributed by atoms with Crippen molar-refractivity contribution in [2.24, 2.45) is 0 Å². The van der Waals surface area contributed by atoms with E-state index in [1.807, 2.05) is 12.1 Å². The standard InChI is InChI=1S/C26H34N2O7/c1-17(29)16-35-21-10-9-20(19-7-11-23(30)28(2)24(19)21)34-15-5-13-27-14-12-18-6-8-22(32-3)26(33-4)25(18)31/h6,8-10,27,31H,5,7,11-16H2,1-4H3. The molecule has 2 aromatic rings. The Kier molecular flexibility index (Phi) is 9.19. The molecule has 1 heterocycles. The zero-order valence-electron chi connectivity index (χ0n) is 20.8. The van der Waals surface area contributed by atoms with Gasteiger partial charge in [0.05, 0.1) is 26.5 Å². The van der Waals surface area contributed by atoms with Gasteiger partial charge in [0.2, 0.25) is 11.7 Å². The van der Waals surface area contributed by atoms with Crippen molar-refractivity contribution < 1.29 is 33.6 Å². The van der Waals surface area contributed by atoms with Crippen molar-refractivity contribution >= 4 is 17.4 Å². The Balaban J connectivity index is 1.50. The normalized spacial score (nSPS) is 12.8. The molecule has 0 atom stereocenters. The average molecular weight is 487 g/mol. The molecule has 0 bridgehead atoms. The Bertz CT molecular complexity index is 1050. The van der Waals surface area contributed by atoms with Gasteiger partial charge >= 0.3 is 0 Å². The van der Waals surface area contributed by atoms with Gasteiger partial charge < -0.3 is 34.3 Å². The van der Waals surface area contributed by atoms with Crippen molar-refractivity contribution in [1.82, 2.24) is 5.32 Å². The van der Waals surface area contributed by atoms with E-state index in [0.29, 0.717) is 55.4 Å². The molecule has 1 aliphatic heterocycles. The number of carbonyl (C=O) groups excluding carboxylic acids is 2. The molecule has 9 heteroatoms. The molecule has 9 nitrogen and oxygen atoms in total. The minimum absolute atomic E-state index is 0.00652. The van der Waals surface area contributed by atoms with E-state index in [0.717, 1.165) is 29.8 Å². The van der Waals surface area contributed by atoms with Crippen molar-refractivity contribution in [3.05, 3.63) is 35.4 Å². The lowest BCUT2D eigenvalue weighted by Gasteiger charge is -2.29. The van der Waals surface area contributed by atoms with E-state index in [1.165, 1.54) is 21.1 Å². The molecule has 190 valence electrons. The number of benzene rings is 2. The van der Waals surface area contributed by atoms with Crippen molar-refractivity contribution in [3.8, 4) is 28.7 Å². The van der Waals surface area contributed by atoms with Gasteiger partial charge in [-0.2, -0.15) is 0 Å². The van der Waals surface area contributed by atoms with Crippen LogP contribution in [0.15, 0.2) is 24.3 Å². The summed E-state index contributed by atoms with van der Waals surface area (Å²) in [6.45, 7) is 3.36. The Labute approximate surface area is 205 Å². The van der Waals surface area contributed by atoms with Gasteiger partial charge in [-0.3, -0.25) is 9.59 Å². The fraction of sp³-hybridized carbons (Fsp3) is 0.462. The molecular formula is C26H34N2O7. The highest BCUT2D eigenvalue weighted by Gasteiger charge is 2.27. The summed E-state index contributed by atoms with van der Waals surface area (Å²) in [5.74, 6) is 2.09. The lowest BCUT2D eigenvalue weighted by Crippen LogP contribution is -2.32. The molecule has 0 aliphatic carbocycles. The fourth-order valence-electron chi connectivity index (χ4n) is 4.04. The third kappa shape index (κ3) is 6.36. The van der Waals surface area contributed by atoms with E-state index >= 15 is 0 Å². The average Bonchev–Trinajstić information content (AvgIpc) is 2.85. The fourth-order valence-corrected chi connectivity index (χ4v) is 4.04. The van der Waals surface area contributed by atoms with E-state index in [4.69, 9.17) is 18.9 Å². The molecule has 1 amide bonds. The third-order valence-corrected chi connectivity index (χ3v) is 5.86. The van der Waals surface area contributed by atoms with Gasteiger partial charge in [0.1, 0.15) is 18.1 Å². The zero-order valence-corrected chi connectivity index (χ0v) is 20.8. The summed E-state index contributed by atoms with van der Waals surface area (Å²) in [5, 5.41) is 13.7. The van der Waals surface area contributed by atoms with Crippen LogP contribution in [0, 0.1) is 0 Å². The molecule has 0 spiro atoms. The molecule has 1 aliphatic rings. The number of hydrogen-bond donors (Lipinski definition) is 2. The minimum atomic E-state index is -0.0855. The Morgan fingerprint density at radius 2 is 1.77 bits per heavy atom. The van der Waals surface area contributed by atoms with E-state index in [1.54, 1.807) is 24.1 Å². The summed E-state index contributed by atoms with van der Waals surface area (Å²) in [6, 6.07) is 7.20. The molecule has 0 saturated carbocycles. The maximum Gasteiger partial charge on any atom is 0.227 e. The molecule has 3 rings (SSSR count). The number of anilines is 1. The molecule has 0 unspecified atom stereocenters. The number of phenolic OH excluding ortho intramolecular Hbond substituents is 1. The van der Waals surface area contributed by atoms with Crippen LogP contribution in [-0.2, 0) is 22.4 Å². The van der Waals surface area contributed by atoms with Gasteiger partial charge in [-0.15, -0.1) is 0 Å². The van der Waals surface area contributed by atoms with Crippen LogP contribution in [0.2, 0.25) is 0 Å². The highest BCUT2D eigenvalue weighted by Crippen LogP contribution is 2.41. The van der Waals surface area contributed by atoms with Gasteiger partial charge in [-0.05, 0) is 63.0 Å². The SMILES string of the molecule is COc1ccc(CCNCCCOc2ccc(OCC(C)=O)c3c2CCC(=O)N3C)c(O)c1OC. The second-order valence-electron chi connectivity index (χ2n) is 8.34. The number of amides is 1. The smallest absolute Gasteiger partial charge is 0.227 e. The number of rotatable bonds is 13. The molecule has 0 radical (unpaired) electrons. The van der Waals surface area contributed by atoms with Gasteiger partial charge in [-0.1, -0.05) is 6.07 Å². The first-order valence-corrected chi connectivity index (χ1v) is 11.7. The predicted molar refractivity (Wildman–Crippen MR) is 132 cm³/mol. The molecule has 0 aromatic heterocycles. The van der Waals surface area contributed by atoms with Crippen LogP contribution in [0.3, 0.4) is 0 Å². The lowest BCUT2D eigenvalue weighted by molar-refractivity contribution is -0.119. The van der Waals surface area contributed by atoms with Crippen molar-refractivity contribution in [2.45, 2.75) is 32.6 Å². The summed E-state index contributed by atoms with van der Waals surface area (Å²) in [7, 11) is 4.75.